The average Bonchev–Trinajstić information content (AvgIpc) is 2.85. The highest BCUT2D eigenvalue weighted by Gasteiger charge is 2.29. The second-order valence-corrected chi connectivity index (χ2v) is 9.74. The molecule has 1 aliphatic heterocycles. The van der Waals surface area contributed by atoms with E-state index < -0.39 is 0 Å². The third kappa shape index (κ3) is 4.80. The number of anilines is 3. The molecule has 0 saturated heterocycles. The molecule has 4 aromatic carbocycles. The predicted molar refractivity (Wildman–Crippen MR) is 147 cm³/mol. The average molecular weight is 525 g/mol. The number of nitrogen functional groups attached to an aromatic ring is 1. The Morgan fingerprint density at radius 3 is 2.20 bits per heavy atom. The van der Waals surface area contributed by atoms with Gasteiger partial charge in [0.2, 0.25) is 0 Å². The SMILES string of the molecule is COc1ccc(CN2Cc3c(-c4ccccc4Cl)cc(N)cc3N(c3c(Cl)cccc3Cl)C2)cc1. The maximum Gasteiger partial charge on any atom is 0.118 e. The Hall–Kier alpha value is -2.89. The van der Waals surface area contributed by atoms with Crippen LogP contribution in [0.15, 0.2) is 78.9 Å². The summed E-state index contributed by atoms with van der Waals surface area (Å²) < 4.78 is 5.32. The molecule has 0 spiro atoms. The number of hydrogen-bond donors (Lipinski definition) is 1. The van der Waals surface area contributed by atoms with Crippen LogP contribution in [0, 0.1) is 0 Å². The van der Waals surface area contributed by atoms with Crippen LogP contribution < -0.4 is 15.4 Å². The number of hydrogen-bond acceptors (Lipinski definition) is 4. The van der Waals surface area contributed by atoms with Gasteiger partial charge in [0.05, 0.1) is 29.5 Å². The third-order valence-corrected chi connectivity index (χ3v) is 7.14. The summed E-state index contributed by atoms with van der Waals surface area (Å²) in [4.78, 5) is 4.49. The van der Waals surface area contributed by atoms with Crippen molar-refractivity contribution in [2.75, 3.05) is 24.4 Å². The van der Waals surface area contributed by atoms with E-state index in [1.54, 1.807) is 7.11 Å². The Morgan fingerprint density at radius 2 is 1.51 bits per heavy atom. The fraction of sp³-hybridized carbons (Fsp3) is 0.143. The van der Waals surface area contributed by atoms with Crippen molar-refractivity contribution in [1.29, 1.82) is 0 Å². The lowest BCUT2D eigenvalue weighted by atomic mass is 9.94. The lowest BCUT2D eigenvalue weighted by molar-refractivity contribution is 0.253. The molecule has 7 heteroatoms. The third-order valence-electron chi connectivity index (χ3n) is 6.20. The number of ether oxygens (including phenoxy) is 1. The quantitative estimate of drug-likeness (QED) is 0.268. The van der Waals surface area contributed by atoms with Crippen molar-refractivity contribution in [3.63, 3.8) is 0 Å². The molecule has 0 aliphatic carbocycles. The lowest BCUT2D eigenvalue weighted by Gasteiger charge is -2.40. The second kappa shape index (κ2) is 10.00. The van der Waals surface area contributed by atoms with Gasteiger partial charge in [-0.25, -0.2) is 0 Å². The molecule has 4 aromatic rings. The second-order valence-electron chi connectivity index (χ2n) is 8.52. The first-order chi connectivity index (χ1) is 16.9. The Bertz CT molecular complexity index is 1350. The fourth-order valence-corrected chi connectivity index (χ4v) is 5.43. The van der Waals surface area contributed by atoms with Gasteiger partial charge in [-0.2, -0.15) is 0 Å². The minimum absolute atomic E-state index is 0.580. The van der Waals surface area contributed by atoms with Crippen molar-refractivity contribution >= 4 is 51.9 Å². The van der Waals surface area contributed by atoms with E-state index in [4.69, 9.17) is 45.3 Å². The van der Waals surface area contributed by atoms with Crippen molar-refractivity contribution in [2.24, 2.45) is 0 Å². The summed E-state index contributed by atoms with van der Waals surface area (Å²) >= 11 is 20.0. The van der Waals surface area contributed by atoms with Gasteiger partial charge in [0, 0.05) is 35.1 Å². The van der Waals surface area contributed by atoms with Crippen LogP contribution in [-0.4, -0.2) is 18.7 Å². The van der Waals surface area contributed by atoms with Gasteiger partial charge in [0.15, 0.2) is 0 Å². The van der Waals surface area contributed by atoms with E-state index in [2.05, 4.69) is 21.9 Å². The van der Waals surface area contributed by atoms with Crippen LogP contribution in [0.1, 0.15) is 11.1 Å². The molecular formula is C28H24Cl3N3O. The van der Waals surface area contributed by atoms with E-state index in [0.717, 1.165) is 40.4 Å². The summed E-state index contributed by atoms with van der Waals surface area (Å²) in [6.45, 7) is 2.03. The normalized spacial score (nSPS) is 13.5. The van der Waals surface area contributed by atoms with Gasteiger partial charge in [-0.05, 0) is 59.2 Å². The van der Waals surface area contributed by atoms with Gasteiger partial charge in [-0.3, -0.25) is 4.90 Å². The summed E-state index contributed by atoms with van der Waals surface area (Å²) in [5.41, 5.74) is 13.0. The summed E-state index contributed by atoms with van der Waals surface area (Å²) in [6, 6.07) is 25.5. The molecule has 35 heavy (non-hydrogen) atoms. The molecule has 0 amide bonds. The summed E-state index contributed by atoms with van der Waals surface area (Å²) in [7, 11) is 1.67. The summed E-state index contributed by atoms with van der Waals surface area (Å²) in [5, 5.41) is 1.84. The maximum atomic E-state index is 6.68. The van der Waals surface area contributed by atoms with Crippen LogP contribution in [0.2, 0.25) is 15.1 Å². The highest BCUT2D eigenvalue weighted by molar-refractivity contribution is 6.39. The lowest BCUT2D eigenvalue weighted by Crippen LogP contribution is -2.40. The van der Waals surface area contributed by atoms with E-state index in [1.165, 1.54) is 5.56 Å². The van der Waals surface area contributed by atoms with Gasteiger partial charge < -0.3 is 15.4 Å². The highest BCUT2D eigenvalue weighted by Crippen LogP contribution is 2.46. The maximum absolute atomic E-state index is 6.68. The zero-order chi connectivity index (χ0) is 24.5. The number of nitrogens with zero attached hydrogens (tertiary/aromatic N) is 2. The van der Waals surface area contributed by atoms with Crippen molar-refractivity contribution in [3.8, 4) is 16.9 Å². The largest absolute Gasteiger partial charge is 0.497 e. The Morgan fingerprint density at radius 1 is 0.829 bits per heavy atom. The number of methoxy groups -OCH3 is 1. The number of halogens is 3. The van der Waals surface area contributed by atoms with Crippen LogP contribution >= 0.6 is 34.8 Å². The van der Waals surface area contributed by atoms with Crippen LogP contribution in [0.5, 0.6) is 5.75 Å². The first-order valence-electron chi connectivity index (χ1n) is 11.2. The first kappa shape index (κ1) is 23.8. The Balaban J connectivity index is 1.65. The Kier molecular flexibility index (Phi) is 6.81. The summed E-state index contributed by atoms with van der Waals surface area (Å²) in [6.07, 6.45) is 0. The van der Waals surface area contributed by atoms with Gasteiger partial charge in [0.1, 0.15) is 5.75 Å². The van der Waals surface area contributed by atoms with E-state index >= 15 is 0 Å². The molecule has 5 rings (SSSR count). The van der Waals surface area contributed by atoms with E-state index in [0.29, 0.717) is 34.0 Å². The molecule has 1 aliphatic rings. The molecule has 0 atom stereocenters. The smallest absolute Gasteiger partial charge is 0.118 e. The van der Waals surface area contributed by atoms with Crippen LogP contribution in [0.25, 0.3) is 11.1 Å². The molecule has 2 N–H and O–H groups in total. The minimum atomic E-state index is 0.580. The number of benzene rings is 4. The molecule has 4 nitrogen and oxygen atoms in total. The first-order valence-corrected chi connectivity index (χ1v) is 12.3. The number of rotatable bonds is 5. The molecule has 0 bridgehead atoms. The van der Waals surface area contributed by atoms with E-state index in [1.807, 2.05) is 66.7 Å². The van der Waals surface area contributed by atoms with Crippen molar-refractivity contribution < 1.29 is 4.74 Å². The van der Waals surface area contributed by atoms with Crippen molar-refractivity contribution in [1.82, 2.24) is 4.90 Å². The molecule has 1 heterocycles. The van der Waals surface area contributed by atoms with Crippen molar-refractivity contribution in [2.45, 2.75) is 13.1 Å². The fourth-order valence-electron chi connectivity index (χ4n) is 4.59. The zero-order valence-corrected chi connectivity index (χ0v) is 21.4. The van der Waals surface area contributed by atoms with Gasteiger partial charge in [-0.15, -0.1) is 0 Å². The van der Waals surface area contributed by atoms with Crippen LogP contribution in [-0.2, 0) is 13.1 Å². The zero-order valence-electron chi connectivity index (χ0n) is 19.1. The monoisotopic (exact) mass is 523 g/mol. The van der Waals surface area contributed by atoms with Crippen molar-refractivity contribution in [3.05, 3.63) is 105 Å². The number of fused-ring (bicyclic) bond motifs is 1. The molecule has 178 valence electrons. The molecule has 0 fully saturated rings. The van der Waals surface area contributed by atoms with Crippen LogP contribution in [0.4, 0.5) is 17.1 Å². The molecule has 0 saturated carbocycles. The number of nitrogens with two attached hydrogens (primary N) is 1. The molecule has 0 aromatic heterocycles. The topological polar surface area (TPSA) is 41.7 Å². The van der Waals surface area contributed by atoms with E-state index in [-0.39, 0.29) is 0 Å². The van der Waals surface area contributed by atoms with Crippen LogP contribution in [0.3, 0.4) is 0 Å². The Labute approximate surface area is 220 Å². The predicted octanol–water partition coefficient (Wildman–Crippen LogP) is 8.02. The number of para-hydroxylation sites is 1. The molecular weight excluding hydrogens is 501 g/mol. The van der Waals surface area contributed by atoms with Gasteiger partial charge in [-0.1, -0.05) is 71.2 Å². The van der Waals surface area contributed by atoms with Gasteiger partial charge in [0.25, 0.3) is 0 Å². The minimum Gasteiger partial charge on any atom is -0.497 e. The molecule has 0 unspecified atom stereocenters. The molecule has 0 radical (unpaired) electrons. The highest BCUT2D eigenvalue weighted by atomic mass is 35.5. The summed E-state index contributed by atoms with van der Waals surface area (Å²) in [5.74, 6) is 0.832. The van der Waals surface area contributed by atoms with E-state index in [9.17, 15) is 0 Å². The standard InChI is InChI=1S/C28H24Cl3N3O/c1-35-20-11-9-18(10-12-20)15-33-16-23-22(21-5-2-3-6-24(21)29)13-19(32)14-27(23)34(17-33)28-25(30)7-4-8-26(28)31/h2-14H,15-17,32H2,1H3. The van der Waals surface area contributed by atoms with Gasteiger partial charge >= 0.3 is 0 Å².